The molecule has 2 aromatic carbocycles. The summed E-state index contributed by atoms with van der Waals surface area (Å²) in [5, 5.41) is 10.6. The van der Waals surface area contributed by atoms with Crippen molar-refractivity contribution < 1.29 is 28.8 Å². The minimum atomic E-state index is -0.706. The van der Waals surface area contributed by atoms with E-state index in [0.29, 0.717) is 40.7 Å². The van der Waals surface area contributed by atoms with Crippen LogP contribution in [0.1, 0.15) is 29.8 Å². The van der Waals surface area contributed by atoms with E-state index in [9.17, 15) is 5.11 Å². The Morgan fingerprint density at radius 3 is 2.24 bits per heavy atom. The van der Waals surface area contributed by atoms with Crippen molar-refractivity contribution in [3.8, 4) is 28.7 Å². The first-order valence-corrected chi connectivity index (χ1v) is 7.93. The zero-order valence-electron chi connectivity index (χ0n) is 14.7. The number of rotatable bonds is 5. The van der Waals surface area contributed by atoms with E-state index >= 15 is 0 Å². The van der Waals surface area contributed by atoms with Crippen LogP contribution < -0.4 is 23.7 Å². The second-order valence-corrected chi connectivity index (χ2v) is 5.71. The van der Waals surface area contributed by atoms with Crippen molar-refractivity contribution in [2.75, 3.05) is 28.4 Å². The van der Waals surface area contributed by atoms with E-state index in [1.54, 1.807) is 40.6 Å². The first-order chi connectivity index (χ1) is 12.1. The van der Waals surface area contributed by atoms with Gasteiger partial charge in [0.2, 0.25) is 0 Å². The van der Waals surface area contributed by atoms with Gasteiger partial charge < -0.3 is 28.8 Å². The molecule has 1 aliphatic rings. The minimum absolute atomic E-state index is 0.320. The number of fused-ring (bicyclic) bond motifs is 1. The van der Waals surface area contributed by atoms with Gasteiger partial charge in [0.25, 0.3) is 0 Å². The molecule has 25 heavy (non-hydrogen) atoms. The number of methoxy groups -OCH3 is 4. The van der Waals surface area contributed by atoms with E-state index in [0.717, 1.165) is 5.56 Å². The van der Waals surface area contributed by atoms with Gasteiger partial charge in [-0.1, -0.05) is 6.07 Å². The van der Waals surface area contributed by atoms with Gasteiger partial charge in [-0.05, 0) is 17.7 Å². The molecule has 0 amide bonds. The monoisotopic (exact) mass is 346 g/mol. The molecule has 0 saturated carbocycles. The van der Waals surface area contributed by atoms with Crippen molar-refractivity contribution >= 4 is 0 Å². The molecule has 1 heterocycles. The molecule has 6 heteroatoms. The maximum Gasteiger partial charge on any atom is 0.161 e. The largest absolute Gasteiger partial charge is 0.496 e. The van der Waals surface area contributed by atoms with Crippen LogP contribution in [-0.4, -0.2) is 33.5 Å². The van der Waals surface area contributed by atoms with Gasteiger partial charge in [0.1, 0.15) is 23.4 Å². The zero-order valence-corrected chi connectivity index (χ0v) is 14.7. The van der Waals surface area contributed by atoms with E-state index in [1.807, 2.05) is 18.2 Å². The van der Waals surface area contributed by atoms with E-state index in [1.165, 1.54) is 0 Å². The van der Waals surface area contributed by atoms with Gasteiger partial charge in [-0.25, -0.2) is 0 Å². The second-order valence-electron chi connectivity index (χ2n) is 5.71. The summed E-state index contributed by atoms with van der Waals surface area (Å²) >= 11 is 0. The normalized spacial score (nSPS) is 18.8. The lowest BCUT2D eigenvalue weighted by molar-refractivity contribution is 0.0629. The minimum Gasteiger partial charge on any atom is -0.496 e. The maximum absolute atomic E-state index is 10.6. The maximum atomic E-state index is 10.6. The molecule has 0 radical (unpaired) electrons. The van der Waals surface area contributed by atoms with Gasteiger partial charge >= 0.3 is 0 Å². The molecule has 0 fully saturated rings. The van der Waals surface area contributed by atoms with Crippen molar-refractivity contribution in [1.82, 2.24) is 0 Å². The highest BCUT2D eigenvalue weighted by Gasteiger charge is 2.32. The van der Waals surface area contributed by atoms with Gasteiger partial charge in [-0.2, -0.15) is 0 Å². The Bertz CT molecular complexity index is 758. The van der Waals surface area contributed by atoms with Crippen LogP contribution >= 0.6 is 0 Å². The third-order valence-corrected chi connectivity index (χ3v) is 4.35. The Hall–Kier alpha value is -2.60. The summed E-state index contributed by atoms with van der Waals surface area (Å²) in [6.07, 6.45) is -0.618. The molecule has 1 N–H and O–H groups in total. The number of hydrogen-bond acceptors (Lipinski definition) is 6. The van der Waals surface area contributed by atoms with Gasteiger partial charge in [0.15, 0.2) is 11.5 Å². The number of aliphatic hydroxyl groups excluding tert-OH is 1. The molecule has 6 nitrogen and oxygen atoms in total. The zero-order chi connectivity index (χ0) is 18.0. The average molecular weight is 346 g/mol. The molecule has 0 unspecified atom stereocenters. The Morgan fingerprint density at radius 1 is 0.880 bits per heavy atom. The molecule has 0 bridgehead atoms. The molecule has 1 aliphatic heterocycles. The van der Waals surface area contributed by atoms with Gasteiger partial charge in [-0.15, -0.1) is 0 Å². The standard InChI is InChI=1S/C19H22O6/c1-21-12-8-17(24-4)19-13(20)10-15(25-18(19)9-12)11-5-6-14(22-2)16(7-11)23-3/h5-9,13,15,20H,10H2,1-4H3/t13-,15+/m1/s1. The first kappa shape index (κ1) is 17.2. The summed E-state index contributed by atoms with van der Waals surface area (Å²) in [6, 6.07) is 9.08. The average Bonchev–Trinajstić information content (AvgIpc) is 2.65. The Balaban J connectivity index is 1.98. The smallest absolute Gasteiger partial charge is 0.161 e. The molecule has 3 rings (SSSR count). The van der Waals surface area contributed by atoms with Crippen LogP contribution in [-0.2, 0) is 0 Å². The predicted octanol–water partition coefficient (Wildman–Crippen LogP) is 3.28. The Kier molecular flexibility index (Phi) is 4.90. The molecular weight excluding hydrogens is 324 g/mol. The lowest BCUT2D eigenvalue weighted by Crippen LogP contribution is -2.20. The summed E-state index contributed by atoms with van der Waals surface area (Å²) in [7, 11) is 6.31. The molecule has 2 aromatic rings. The van der Waals surface area contributed by atoms with Crippen LogP contribution in [0, 0.1) is 0 Å². The summed E-state index contributed by atoms with van der Waals surface area (Å²) in [5.74, 6) is 2.97. The SMILES string of the molecule is COc1cc(OC)c2c(c1)O[C@H](c1ccc(OC)c(OC)c1)C[C@H]2O. The fourth-order valence-corrected chi connectivity index (χ4v) is 3.07. The molecule has 134 valence electrons. The third kappa shape index (κ3) is 3.17. The van der Waals surface area contributed by atoms with Gasteiger partial charge in [-0.3, -0.25) is 0 Å². The summed E-state index contributed by atoms with van der Waals surface area (Å²) in [5.41, 5.74) is 1.53. The van der Waals surface area contributed by atoms with Crippen molar-refractivity contribution in [2.24, 2.45) is 0 Å². The highest BCUT2D eigenvalue weighted by atomic mass is 16.5. The van der Waals surface area contributed by atoms with Crippen molar-refractivity contribution in [1.29, 1.82) is 0 Å². The van der Waals surface area contributed by atoms with Crippen molar-refractivity contribution in [3.63, 3.8) is 0 Å². The first-order valence-electron chi connectivity index (χ1n) is 7.93. The predicted molar refractivity (Wildman–Crippen MR) is 92.0 cm³/mol. The summed E-state index contributed by atoms with van der Waals surface area (Å²) in [6.45, 7) is 0. The highest BCUT2D eigenvalue weighted by Crippen LogP contribution is 2.47. The molecule has 0 spiro atoms. The van der Waals surface area contributed by atoms with Crippen molar-refractivity contribution in [2.45, 2.75) is 18.6 Å². The van der Waals surface area contributed by atoms with E-state index in [2.05, 4.69) is 0 Å². The van der Waals surface area contributed by atoms with Crippen LogP contribution in [0.5, 0.6) is 28.7 Å². The summed E-state index contributed by atoms with van der Waals surface area (Å²) < 4.78 is 27.4. The fourth-order valence-electron chi connectivity index (χ4n) is 3.07. The Labute approximate surface area is 146 Å². The van der Waals surface area contributed by atoms with Crippen LogP contribution in [0.2, 0.25) is 0 Å². The molecule has 0 aromatic heterocycles. The number of benzene rings is 2. The van der Waals surface area contributed by atoms with Crippen LogP contribution in [0.15, 0.2) is 30.3 Å². The molecule has 0 aliphatic carbocycles. The molecule has 2 atom stereocenters. The van der Waals surface area contributed by atoms with E-state index in [4.69, 9.17) is 23.7 Å². The number of aliphatic hydroxyl groups is 1. The van der Waals surface area contributed by atoms with Crippen LogP contribution in [0.25, 0.3) is 0 Å². The van der Waals surface area contributed by atoms with Gasteiger partial charge in [0, 0.05) is 18.6 Å². The quantitative estimate of drug-likeness (QED) is 0.896. The lowest BCUT2D eigenvalue weighted by atomic mass is 9.94. The van der Waals surface area contributed by atoms with E-state index < -0.39 is 6.10 Å². The summed E-state index contributed by atoms with van der Waals surface area (Å²) in [4.78, 5) is 0. The van der Waals surface area contributed by atoms with Crippen LogP contribution in [0.3, 0.4) is 0 Å². The van der Waals surface area contributed by atoms with E-state index in [-0.39, 0.29) is 6.10 Å². The molecule has 0 saturated heterocycles. The fraction of sp³-hybridized carbons (Fsp3) is 0.368. The van der Waals surface area contributed by atoms with Gasteiger partial charge in [0.05, 0.1) is 40.1 Å². The number of ether oxygens (including phenoxy) is 5. The highest BCUT2D eigenvalue weighted by molar-refractivity contribution is 5.53. The third-order valence-electron chi connectivity index (χ3n) is 4.35. The lowest BCUT2D eigenvalue weighted by Gasteiger charge is -2.31. The second kappa shape index (κ2) is 7.11. The van der Waals surface area contributed by atoms with Crippen molar-refractivity contribution in [3.05, 3.63) is 41.5 Å². The topological polar surface area (TPSA) is 66.4 Å². The number of hydrogen-bond donors (Lipinski definition) is 1. The molecular formula is C19H22O6. The Morgan fingerprint density at radius 2 is 1.60 bits per heavy atom. The van der Waals surface area contributed by atoms with Crippen LogP contribution in [0.4, 0.5) is 0 Å².